The molecule has 0 fully saturated rings. The summed E-state index contributed by atoms with van der Waals surface area (Å²) in [6.45, 7) is 7.59. The Morgan fingerprint density at radius 1 is 1.32 bits per heavy atom. The van der Waals surface area contributed by atoms with Gasteiger partial charge in [-0.3, -0.25) is 0 Å². The van der Waals surface area contributed by atoms with Crippen molar-refractivity contribution in [3.63, 3.8) is 0 Å². The van der Waals surface area contributed by atoms with Crippen LogP contribution in [0.2, 0.25) is 0 Å². The topological polar surface area (TPSA) is 38.5 Å². The van der Waals surface area contributed by atoms with Gasteiger partial charge < -0.3 is 14.1 Å². The molecule has 0 saturated carbocycles. The molecule has 0 unspecified atom stereocenters. The van der Waals surface area contributed by atoms with Crippen LogP contribution in [-0.4, -0.2) is 42.4 Å². The first-order chi connectivity index (χ1) is 9.26. The number of hydrogen-bond acceptors (Lipinski definition) is 5. The second-order valence-corrected chi connectivity index (χ2v) is 5.23. The van der Waals surface area contributed by atoms with Crippen molar-refractivity contribution in [1.82, 2.24) is 9.88 Å². The molecule has 1 aromatic heterocycles. The van der Waals surface area contributed by atoms with Gasteiger partial charge in [0, 0.05) is 18.4 Å². The van der Waals surface area contributed by atoms with E-state index < -0.39 is 0 Å². The summed E-state index contributed by atoms with van der Waals surface area (Å²) >= 11 is 1.66. The van der Waals surface area contributed by atoms with Gasteiger partial charge in [0.1, 0.15) is 11.3 Å². The smallest absolute Gasteiger partial charge is 0.256 e. The van der Waals surface area contributed by atoms with Gasteiger partial charge in [0.05, 0.1) is 7.11 Å². The number of hydrogen-bond donors (Lipinski definition) is 0. The standard InChI is InChI=1S/C14H20N2O2S/c1-4-16(5-2)8-9-19-14-15-12-10-11(17-3)6-7-13(12)18-14/h6-7,10H,4-5,8-9H2,1-3H3. The normalized spacial score (nSPS) is 11.4. The minimum absolute atomic E-state index is 0.732. The lowest BCUT2D eigenvalue weighted by atomic mass is 10.3. The average Bonchev–Trinajstić information content (AvgIpc) is 2.85. The van der Waals surface area contributed by atoms with Crippen molar-refractivity contribution in [3.05, 3.63) is 18.2 Å². The van der Waals surface area contributed by atoms with Gasteiger partial charge in [-0.2, -0.15) is 0 Å². The minimum atomic E-state index is 0.732. The van der Waals surface area contributed by atoms with Gasteiger partial charge >= 0.3 is 0 Å². The molecular formula is C14H20N2O2S. The molecule has 0 bridgehead atoms. The summed E-state index contributed by atoms with van der Waals surface area (Å²) < 4.78 is 10.9. The number of ether oxygens (including phenoxy) is 1. The predicted molar refractivity (Wildman–Crippen MR) is 79.1 cm³/mol. The molecule has 2 aromatic rings. The summed E-state index contributed by atoms with van der Waals surface area (Å²) in [7, 11) is 1.65. The maximum Gasteiger partial charge on any atom is 0.256 e. The van der Waals surface area contributed by atoms with E-state index in [0.717, 1.165) is 47.5 Å². The fourth-order valence-corrected chi connectivity index (χ4v) is 2.71. The highest BCUT2D eigenvalue weighted by molar-refractivity contribution is 7.99. The monoisotopic (exact) mass is 280 g/mol. The summed E-state index contributed by atoms with van der Waals surface area (Å²) in [5.41, 5.74) is 1.66. The molecule has 2 rings (SSSR count). The second-order valence-electron chi connectivity index (χ2n) is 4.19. The van der Waals surface area contributed by atoms with E-state index in [1.165, 1.54) is 0 Å². The molecule has 0 aliphatic carbocycles. The van der Waals surface area contributed by atoms with Crippen molar-refractivity contribution in [2.24, 2.45) is 0 Å². The summed E-state index contributed by atoms with van der Waals surface area (Å²) in [6.07, 6.45) is 0. The van der Waals surface area contributed by atoms with Gasteiger partial charge in [-0.05, 0) is 25.2 Å². The quantitative estimate of drug-likeness (QED) is 0.728. The SMILES string of the molecule is CCN(CC)CCSc1nc2cc(OC)ccc2o1. The number of benzene rings is 1. The number of fused-ring (bicyclic) bond motifs is 1. The maximum absolute atomic E-state index is 5.69. The van der Waals surface area contributed by atoms with E-state index in [-0.39, 0.29) is 0 Å². The third-order valence-electron chi connectivity index (χ3n) is 3.10. The van der Waals surface area contributed by atoms with Crippen LogP contribution in [0.4, 0.5) is 0 Å². The lowest BCUT2D eigenvalue weighted by Gasteiger charge is -2.16. The zero-order valence-electron chi connectivity index (χ0n) is 11.7. The van der Waals surface area contributed by atoms with Crippen LogP contribution in [0.25, 0.3) is 11.1 Å². The van der Waals surface area contributed by atoms with E-state index in [1.807, 2.05) is 18.2 Å². The fraction of sp³-hybridized carbons (Fsp3) is 0.500. The molecule has 5 heteroatoms. The molecule has 0 radical (unpaired) electrons. The van der Waals surface area contributed by atoms with E-state index in [0.29, 0.717) is 0 Å². The number of methoxy groups -OCH3 is 1. The van der Waals surface area contributed by atoms with Crippen LogP contribution in [0.15, 0.2) is 27.8 Å². The fourth-order valence-electron chi connectivity index (χ4n) is 1.88. The Balaban J connectivity index is 1.97. The number of aromatic nitrogens is 1. The van der Waals surface area contributed by atoms with Crippen LogP contribution < -0.4 is 4.74 Å². The molecule has 4 nitrogen and oxygen atoms in total. The number of nitrogens with zero attached hydrogens (tertiary/aromatic N) is 2. The Morgan fingerprint density at radius 3 is 2.79 bits per heavy atom. The summed E-state index contributed by atoms with van der Waals surface area (Å²) in [5.74, 6) is 1.80. The lowest BCUT2D eigenvalue weighted by Crippen LogP contribution is -2.25. The first-order valence-corrected chi connectivity index (χ1v) is 7.55. The first kappa shape index (κ1) is 14.2. The van der Waals surface area contributed by atoms with Gasteiger partial charge in [-0.15, -0.1) is 0 Å². The maximum atomic E-state index is 5.69. The van der Waals surface area contributed by atoms with Gasteiger partial charge in [-0.1, -0.05) is 25.6 Å². The molecule has 1 heterocycles. The van der Waals surface area contributed by atoms with Gasteiger partial charge in [0.2, 0.25) is 0 Å². The molecule has 104 valence electrons. The zero-order valence-corrected chi connectivity index (χ0v) is 12.5. The van der Waals surface area contributed by atoms with Crippen molar-refractivity contribution in [3.8, 4) is 5.75 Å². The Labute approximate surface area is 118 Å². The van der Waals surface area contributed by atoms with E-state index in [4.69, 9.17) is 9.15 Å². The van der Waals surface area contributed by atoms with Crippen molar-refractivity contribution in [1.29, 1.82) is 0 Å². The Morgan fingerprint density at radius 2 is 2.11 bits per heavy atom. The highest BCUT2D eigenvalue weighted by atomic mass is 32.2. The Bertz CT molecular complexity index is 523. The molecule has 0 aliphatic heterocycles. The van der Waals surface area contributed by atoms with E-state index >= 15 is 0 Å². The van der Waals surface area contributed by atoms with Crippen LogP contribution in [-0.2, 0) is 0 Å². The highest BCUT2D eigenvalue weighted by Gasteiger charge is 2.08. The van der Waals surface area contributed by atoms with E-state index in [9.17, 15) is 0 Å². The molecule has 0 amide bonds. The van der Waals surface area contributed by atoms with Gasteiger partial charge in [0.25, 0.3) is 5.22 Å². The highest BCUT2D eigenvalue weighted by Crippen LogP contribution is 2.26. The van der Waals surface area contributed by atoms with Crippen LogP contribution in [0, 0.1) is 0 Å². The molecule has 0 atom stereocenters. The van der Waals surface area contributed by atoms with Gasteiger partial charge in [-0.25, -0.2) is 4.98 Å². The summed E-state index contributed by atoms with van der Waals surface area (Å²) in [5, 5.41) is 0.732. The number of thioether (sulfide) groups is 1. The summed E-state index contributed by atoms with van der Waals surface area (Å²) in [6, 6.07) is 5.68. The van der Waals surface area contributed by atoms with Gasteiger partial charge in [0.15, 0.2) is 5.58 Å². The lowest BCUT2D eigenvalue weighted by molar-refractivity contribution is 0.323. The van der Waals surface area contributed by atoms with Crippen molar-refractivity contribution in [2.45, 2.75) is 19.1 Å². The zero-order chi connectivity index (χ0) is 13.7. The number of oxazole rings is 1. The molecule has 0 saturated heterocycles. The van der Waals surface area contributed by atoms with Crippen molar-refractivity contribution >= 4 is 22.9 Å². The largest absolute Gasteiger partial charge is 0.497 e. The van der Waals surface area contributed by atoms with E-state index in [1.54, 1.807) is 18.9 Å². The van der Waals surface area contributed by atoms with Crippen LogP contribution in [0.3, 0.4) is 0 Å². The van der Waals surface area contributed by atoms with E-state index in [2.05, 4.69) is 23.7 Å². The molecule has 0 aliphatic rings. The van der Waals surface area contributed by atoms with Crippen LogP contribution in [0.1, 0.15) is 13.8 Å². The predicted octanol–water partition coefficient (Wildman–Crippen LogP) is 3.27. The molecular weight excluding hydrogens is 260 g/mol. The van der Waals surface area contributed by atoms with Crippen LogP contribution >= 0.6 is 11.8 Å². The van der Waals surface area contributed by atoms with Crippen molar-refractivity contribution < 1.29 is 9.15 Å². The Hall–Kier alpha value is -1.20. The van der Waals surface area contributed by atoms with Crippen molar-refractivity contribution in [2.75, 3.05) is 32.5 Å². The Kier molecular flexibility index (Phi) is 5.10. The summed E-state index contributed by atoms with van der Waals surface area (Å²) in [4.78, 5) is 6.86. The minimum Gasteiger partial charge on any atom is -0.497 e. The second kappa shape index (κ2) is 6.82. The molecule has 19 heavy (non-hydrogen) atoms. The number of rotatable bonds is 7. The molecule has 0 spiro atoms. The molecule has 1 aromatic carbocycles. The average molecular weight is 280 g/mol. The molecule has 0 N–H and O–H groups in total. The third-order valence-corrected chi connectivity index (χ3v) is 3.91. The van der Waals surface area contributed by atoms with Crippen LogP contribution in [0.5, 0.6) is 5.75 Å². The third kappa shape index (κ3) is 3.64. The first-order valence-electron chi connectivity index (χ1n) is 6.56.